The van der Waals surface area contributed by atoms with Gasteiger partial charge in [0, 0.05) is 25.2 Å². The van der Waals surface area contributed by atoms with Crippen LogP contribution in [0.3, 0.4) is 0 Å². The molecule has 1 atom stereocenters. The third kappa shape index (κ3) is 1.77. The molecule has 0 saturated carbocycles. The number of hydrogen-bond donors (Lipinski definition) is 1. The Morgan fingerprint density at radius 2 is 2.43 bits per heavy atom. The van der Waals surface area contributed by atoms with E-state index in [0.29, 0.717) is 5.88 Å². The van der Waals surface area contributed by atoms with E-state index in [4.69, 9.17) is 10.5 Å². The Labute approximate surface area is 82.9 Å². The number of nitrogens with two attached hydrogens (primary N) is 1. The third-order valence-electron chi connectivity index (χ3n) is 2.39. The summed E-state index contributed by atoms with van der Waals surface area (Å²) in [4.78, 5) is 10.3. The molecule has 0 radical (unpaired) electrons. The highest BCUT2D eigenvalue weighted by atomic mass is 16.5. The molecule has 1 aromatic rings. The molecule has 0 spiro atoms. The van der Waals surface area contributed by atoms with Crippen molar-refractivity contribution in [3.63, 3.8) is 0 Å². The minimum atomic E-state index is 0.260. The van der Waals surface area contributed by atoms with Crippen LogP contribution < -0.4 is 15.4 Å². The minimum absolute atomic E-state index is 0.260. The van der Waals surface area contributed by atoms with Gasteiger partial charge in [-0.3, -0.25) is 0 Å². The molecular formula is C9H14N4O. The zero-order valence-electron chi connectivity index (χ0n) is 8.18. The Balaban J connectivity index is 2.15. The number of anilines is 1. The van der Waals surface area contributed by atoms with Crippen molar-refractivity contribution in [2.45, 2.75) is 12.5 Å². The summed E-state index contributed by atoms with van der Waals surface area (Å²) in [5, 5.41) is 0. The molecule has 14 heavy (non-hydrogen) atoms. The fraction of sp³-hybridized carbons (Fsp3) is 0.556. The Kier molecular flexibility index (Phi) is 2.49. The summed E-state index contributed by atoms with van der Waals surface area (Å²) >= 11 is 0. The summed E-state index contributed by atoms with van der Waals surface area (Å²) in [7, 11) is 1.60. The first kappa shape index (κ1) is 9.21. The predicted octanol–water partition coefficient (Wildman–Crippen LogP) is 0.0226. The average Bonchev–Trinajstić information content (AvgIpc) is 2.65. The maximum atomic E-state index is 5.82. The molecule has 5 nitrogen and oxygen atoms in total. The van der Waals surface area contributed by atoms with Gasteiger partial charge in [-0.1, -0.05) is 0 Å². The normalized spacial score (nSPS) is 21.3. The van der Waals surface area contributed by atoms with E-state index in [2.05, 4.69) is 14.9 Å². The predicted molar refractivity (Wildman–Crippen MR) is 53.4 cm³/mol. The first-order valence-electron chi connectivity index (χ1n) is 4.66. The first-order chi connectivity index (χ1) is 6.79. The molecule has 1 unspecified atom stereocenters. The molecule has 76 valence electrons. The second kappa shape index (κ2) is 3.79. The van der Waals surface area contributed by atoms with Crippen LogP contribution in [-0.2, 0) is 0 Å². The van der Waals surface area contributed by atoms with Gasteiger partial charge in [0.05, 0.1) is 7.11 Å². The maximum absolute atomic E-state index is 5.82. The SMILES string of the molecule is COc1cc(N2CCC(N)C2)ncn1. The molecule has 2 N–H and O–H groups in total. The molecule has 1 aromatic heterocycles. The highest BCUT2D eigenvalue weighted by Gasteiger charge is 2.20. The standard InChI is InChI=1S/C9H14N4O/c1-14-9-4-8(11-6-12-9)13-3-2-7(10)5-13/h4,6-7H,2-3,5,10H2,1H3. The van der Waals surface area contributed by atoms with E-state index in [9.17, 15) is 0 Å². The van der Waals surface area contributed by atoms with Crippen molar-refractivity contribution in [1.82, 2.24) is 9.97 Å². The van der Waals surface area contributed by atoms with Crippen molar-refractivity contribution in [3.8, 4) is 5.88 Å². The zero-order valence-corrected chi connectivity index (χ0v) is 8.18. The second-order valence-electron chi connectivity index (χ2n) is 3.41. The molecular weight excluding hydrogens is 180 g/mol. The fourth-order valence-corrected chi connectivity index (χ4v) is 1.61. The third-order valence-corrected chi connectivity index (χ3v) is 2.39. The number of methoxy groups -OCH3 is 1. The molecule has 0 bridgehead atoms. The Hall–Kier alpha value is -1.36. The number of hydrogen-bond acceptors (Lipinski definition) is 5. The van der Waals surface area contributed by atoms with Crippen molar-refractivity contribution in [1.29, 1.82) is 0 Å². The Morgan fingerprint density at radius 3 is 3.07 bits per heavy atom. The molecule has 1 aliphatic heterocycles. The summed E-state index contributed by atoms with van der Waals surface area (Å²) in [5.74, 6) is 1.49. The van der Waals surface area contributed by atoms with E-state index in [0.717, 1.165) is 25.3 Å². The second-order valence-corrected chi connectivity index (χ2v) is 3.41. The van der Waals surface area contributed by atoms with Gasteiger partial charge >= 0.3 is 0 Å². The van der Waals surface area contributed by atoms with Crippen LogP contribution in [0.5, 0.6) is 5.88 Å². The molecule has 1 aliphatic rings. The lowest BCUT2D eigenvalue weighted by Gasteiger charge is -2.16. The van der Waals surface area contributed by atoms with E-state index in [1.807, 2.05) is 6.07 Å². The summed E-state index contributed by atoms with van der Waals surface area (Å²) < 4.78 is 5.03. The lowest BCUT2D eigenvalue weighted by Crippen LogP contribution is -2.26. The van der Waals surface area contributed by atoms with Crippen LogP contribution in [0.4, 0.5) is 5.82 Å². The monoisotopic (exact) mass is 194 g/mol. The van der Waals surface area contributed by atoms with Gasteiger partial charge in [0.1, 0.15) is 12.1 Å². The zero-order chi connectivity index (χ0) is 9.97. The van der Waals surface area contributed by atoms with Gasteiger partial charge in [0.15, 0.2) is 0 Å². The molecule has 5 heteroatoms. The maximum Gasteiger partial charge on any atom is 0.218 e. The van der Waals surface area contributed by atoms with Crippen molar-refractivity contribution in [2.24, 2.45) is 5.73 Å². The van der Waals surface area contributed by atoms with Gasteiger partial charge in [-0.25, -0.2) is 9.97 Å². The van der Waals surface area contributed by atoms with Crippen molar-refractivity contribution >= 4 is 5.82 Å². The highest BCUT2D eigenvalue weighted by molar-refractivity contribution is 5.42. The van der Waals surface area contributed by atoms with Crippen LogP contribution in [-0.4, -0.2) is 36.2 Å². The van der Waals surface area contributed by atoms with Gasteiger partial charge in [-0.05, 0) is 6.42 Å². The van der Waals surface area contributed by atoms with Crippen molar-refractivity contribution in [3.05, 3.63) is 12.4 Å². The summed E-state index contributed by atoms with van der Waals surface area (Å²) in [6.45, 7) is 1.82. The molecule has 1 saturated heterocycles. The highest BCUT2D eigenvalue weighted by Crippen LogP contribution is 2.19. The van der Waals surface area contributed by atoms with Gasteiger partial charge < -0.3 is 15.4 Å². The van der Waals surface area contributed by atoms with Crippen LogP contribution >= 0.6 is 0 Å². The summed E-state index contributed by atoms with van der Waals surface area (Å²) in [5.41, 5.74) is 5.82. The molecule has 2 rings (SSSR count). The molecule has 2 heterocycles. The van der Waals surface area contributed by atoms with Gasteiger partial charge in [0.25, 0.3) is 0 Å². The first-order valence-corrected chi connectivity index (χ1v) is 4.66. The van der Waals surface area contributed by atoms with Gasteiger partial charge in [-0.2, -0.15) is 0 Å². The van der Waals surface area contributed by atoms with Crippen molar-refractivity contribution < 1.29 is 4.74 Å². The number of ether oxygens (including phenoxy) is 1. The largest absolute Gasteiger partial charge is 0.481 e. The van der Waals surface area contributed by atoms with Gasteiger partial charge in [0.2, 0.25) is 5.88 Å². The van der Waals surface area contributed by atoms with E-state index in [1.54, 1.807) is 7.11 Å². The Bertz CT molecular complexity index is 317. The lowest BCUT2D eigenvalue weighted by molar-refractivity contribution is 0.397. The summed E-state index contributed by atoms with van der Waals surface area (Å²) in [6, 6.07) is 2.09. The fourth-order valence-electron chi connectivity index (χ4n) is 1.61. The van der Waals surface area contributed by atoms with Crippen LogP contribution in [0.2, 0.25) is 0 Å². The topological polar surface area (TPSA) is 64.3 Å². The number of aromatic nitrogens is 2. The molecule has 0 amide bonds. The lowest BCUT2D eigenvalue weighted by atomic mass is 10.3. The molecule has 1 fully saturated rings. The molecule has 0 aromatic carbocycles. The van der Waals surface area contributed by atoms with Crippen LogP contribution in [0.15, 0.2) is 12.4 Å². The van der Waals surface area contributed by atoms with E-state index < -0.39 is 0 Å². The average molecular weight is 194 g/mol. The van der Waals surface area contributed by atoms with Gasteiger partial charge in [-0.15, -0.1) is 0 Å². The smallest absolute Gasteiger partial charge is 0.218 e. The van der Waals surface area contributed by atoms with E-state index in [1.165, 1.54) is 6.33 Å². The van der Waals surface area contributed by atoms with Crippen molar-refractivity contribution in [2.75, 3.05) is 25.1 Å². The quantitative estimate of drug-likeness (QED) is 0.719. The number of nitrogens with zero attached hydrogens (tertiary/aromatic N) is 3. The van der Waals surface area contributed by atoms with E-state index in [-0.39, 0.29) is 6.04 Å². The van der Waals surface area contributed by atoms with Crippen LogP contribution in [0.1, 0.15) is 6.42 Å². The Morgan fingerprint density at radius 1 is 1.57 bits per heavy atom. The van der Waals surface area contributed by atoms with Crippen LogP contribution in [0, 0.1) is 0 Å². The van der Waals surface area contributed by atoms with Crippen LogP contribution in [0.25, 0.3) is 0 Å². The summed E-state index contributed by atoms with van der Waals surface area (Å²) in [6.07, 6.45) is 2.53. The van der Waals surface area contributed by atoms with E-state index >= 15 is 0 Å². The molecule has 0 aliphatic carbocycles. The number of rotatable bonds is 2. The minimum Gasteiger partial charge on any atom is -0.481 e.